The second kappa shape index (κ2) is 7.16. The summed E-state index contributed by atoms with van der Waals surface area (Å²) in [5.41, 5.74) is -0.617. The Labute approximate surface area is 152 Å². The highest BCUT2D eigenvalue weighted by Gasteiger charge is 2.42. The van der Waals surface area contributed by atoms with Crippen LogP contribution in [0.25, 0.3) is 0 Å². The van der Waals surface area contributed by atoms with Gasteiger partial charge in [-0.1, -0.05) is 23.7 Å². The molecule has 26 heavy (non-hydrogen) atoms. The number of aromatic nitrogens is 2. The maximum atomic E-state index is 12.5. The second-order valence-corrected chi connectivity index (χ2v) is 6.59. The molecule has 2 aromatic rings. The average molecular weight is 381 g/mol. The number of hydrogen-bond acceptors (Lipinski definition) is 6. The number of aromatic amines is 1. The maximum absolute atomic E-state index is 12.5. The predicted molar refractivity (Wildman–Crippen MR) is 92.0 cm³/mol. The summed E-state index contributed by atoms with van der Waals surface area (Å²) in [5.74, 6) is -0.725. The molecule has 138 valence electrons. The molecule has 1 unspecified atom stereocenters. The number of ketones is 1. The van der Waals surface area contributed by atoms with E-state index in [9.17, 15) is 24.6 Å². The minimum absolute atomic E-state index is 0.0326. The standard InChI is InChI=1S/C17H17ClN2O6/c1-8-7-20(17(25)19-16(8)24)12-6-11(21)15(26-12)14(23)13(22)9-2-4-10(18)5-3-9/h2-5,7,11-13,15,21-22H,6H2,1H3,(H,19,24,25)/t11-,12+,13?,15+/m1/s1. The largest absolute Gasteiger partial charge is 0.390 e. The molecule has 0 bridgehead atoms. The van der Waals surface area contributed by atoms with Gasteiger partial charge in [-0.05, 0) is 24.6 Å². The van der Waals surface area contributed by atoms with Crippen LogP contribution in [0.2, 0.25) is 5.02 Å². The summed E-state index contributed by atoms with van der Waals surface area (Å²) in [6.45, 7) is 1.52. The number of hydrogen-bond donors (Lipinski definition) is 3. The van der Waals surface area contributed by atoms with Gasteiger partial charge in [0.15, 0.2) is 5.78 Å². The lowest BCUT2D eigenvalue weighted by atomic mass is 9.99. The van der Waals surface area contributed by atoms with E-state index in [1.807, 2.05) is 0 Å². The Bertz CT molecular complexity index is 936. The summed E-state index contributed by atoms with van der Waals surface area (Å²) >= 11 is 5.78. The number of nitrogens with zero attached hydrogens (tertiary/aromatic N) is 1. The first-order valence-electron chi connectivity index (χ1n) is 7.91. The van der Waals surface area contributed by atoms with Crippen LogP contribution in [0.15, 0.2) is 40.1 Å². The zero-order valence-corrected chi connectivity index (χ0v) is 14.5. The molecular formula is C17H17ClN2O6. The molecule has 3 N–H and O–H groups in total. The van der Waals surface area contributed by atoms with Crippen molar-refractivity contribution in [2.75, 3.05) is 0 Å². The highest BCUT2D eigenvalue weighted by molar-refractivity contribution is 6.30. The number of carbonyl (C=O) groups is 1. The predicted octanol–water partition coefficient (Wildman–Crippen LogP) is 0.450. The van der Waals surface area contributed by atoms with Crippen molar-refractivity contribution in [1.29, 1.82) is 0 Å². The van der Waals surface area contributed by atoms with Crippen molar-refractivity contribution in [3.63, 3.8) is 0 Å². The fourth-order valence-corrected chi connectivity index (χ4v) is 2.97. The summed E-state index contributed by atoms with van der Waals surface area (Å²) in [7, 11) is 0. The van der Waals surface area contributed by atoms with E-state index < -0.39 is 41.6 Å². The molecule has 1 saturated heterocycles. The molecule has 0 spiro atoms. The first-order chi connectivity index (χ1) is 12.3. The minimum atomic E-state index is -1.50. The number of H-pyrrole nitrogens is 1. The van der Waals surface area contributed by atoms with Crippen molar-refractivity contribution in [3.8, 4) is 0 Å². The molecule has 0 aliphatic carbocycles. The molecule has 1 aliphatic heterocycles. The van der Waals surface area contributed by atoms with Gasteiger partial charge in [-0.3, -0.25) is 19.1 Å². The third kappa shape index (κ3) is 3.49. The average Bonchev–Trinajstić information content (AvgIpc) is 2.99. The Kier molecular flexibility index (Phi) is 5.10. The zero-order chi connectivity index (χ0) is 19.0. The summed E-state index contributed by atoms with van der Waals surface area (Å²) in [5, 5.41) is 20.9. The van der Waals surface area contributed by atoms with E-state index in [1.54, 1.807) is 0 Å². The van der Waals surface area contributed by atoms with Gasteiger partial charge in [-0.25, -0.2) is 4.79 Å². The van der Waals surface area contributed by atoms with Crippen LogP contribution in [0.4, 0.5) is 0 Å². The highest BCUT2D eigenvalue weighted by Crippen LogP contribution is 2.31. The Morgan fingerprint density at radius 2 is 2.00 bits per heavy atom. The van der Waals surface area contributed by atoms with E-state index in [-0.39, 0.29) is 6.42 Å². The van der Waals surface area contributed by atoms with E-state index in [0.29, 0.717) is 16.1 Å². The molecule has 0 amide bonds. The molecule has 4 atom stereocenters. The van der Waals surface area contributed by atoms with Crippen LogP contribution in [0.3, 0.4) is 0 Å². The number of nitrogens with one attached hydrogen (secondary N) is 1. The first-order valence-corrected chi connectivity index (χ1v) is 8.28. The molecule has 3 rings (SSSR count). The summed E-state index contributed by atoms with van der Waals surface area (Å²) < 4.78 is 6.63. The van der Waals surface area contributed by atoms with Crippen molar-refractivity contribution in [2.45, 2.75) is 37.9 Å². The fraction of sp³-hybridized carbons (Fsp3) is 0.353. The number of carbonyl (C=O) groups excluding carboxylic acids is 1. The van der Waals surface area contributed by atoms with Crippen molar-refractivity contribution in [2.24, 2.45) is 0 Å². The number of aliphatic hydroxyl groups is 2. The summed E-state index contributed by atoms with van der Waals surface area (Å²) in [6.07, 6.45) is -3.66. The van der Waals surface area contributed by atoms with Crippen LogP contribution in [-0.4, -0.2) is 37.8 Å². The number of aliphatic hydroxyl groups excluding tert-OH is 2. The lowest BCUT2D eigenvalue weighted by molar-refractivity contribution is -0.144. The van der Waals surface area contributed by atoms with E-state index in [4.69, 9.17) is 16.3 Å². The molecule has 8 nitrogen and oxygen atoms in total. The van der Waals surface area contributed by atoms with Crippen LogP contribution in [0, 0.1) is 6.92 Å². The van der Waals surface area contributed by atoms with Gasteiger partial charge in [0, 0.05) is 23.2 Å². The Morgan fingerprint density at radius 1 is 1.35 bits per heavy atom. The SMILES string of the molecule is Cc1cn([C@@H]2C[C@@H](O)[C@@H](C(=O)C(O)c3ccc(Cl)cc3)O2)c(=O)[nH]c1=O. The van der Waals surface area contributed by atoms with Gasteiger partial charge < -0.3 is 14.9 Å². The van der Waals surface area contributed by atoms with Crippen LogP contribution >= 0.6 is 11.6 Å². The quantitative estimate of drug-likeness (QED) is 0.708. The normalized spacial score (nSPS) is 23.8. The minimum Gasteiger partial charge on any atom is -0.390 e. The van der Waals surface area contributed by atoms with Gasteiger partial charge in [0.25, 0.3) is 5.56 Å². The number of ether oxygens (including phenoxy) is 1. The van der Waals surface area contributed by atoms with Crippen LogP contribution in [0.5, 0.6) is 0 Å². The lowest BCUT2D eigenvalue weighted by Gasteiger charge is -2.18. The third-order valence-electron chi connectivity index (χ3n) is 4.29. The summed E-state index contributed by atoms with van der Waals surface area (Å²) in [4.78, 5) is 38.1. The van der Waals surface area contributed by atoms with Crippen LogP contribution in [-0.2, 0) is 9.53 Å². The molecule has 1 aliphatic rings. The Hall–Kier alpha value is -2.26. The van der Waals surface area contributed by atoms with E-state index in [0.717, 1.165) is 4.57 Å². The monoisotopic (exact) mass is 380 g/mol. The molecule has 1 aromatic heterocycles. The van der Waals surface area contributed by atoms with Gasteiger partial charge in [-0.15, -0.1) is 0 Å². The number of benzene rings is 1. The number of Topliss-reactive ketones (excluding diaryl/α,β-unsaturated/α-hetero) is 1. The Morgan fingerprint density at radius 3 is 2.65 bits per heavy atom. The highest BCUT2D eigenvalue weighted by atomic mass is 35.5. The van der Waals surface area contributed by atoms with Gasteiger partial charge in [-0.2, -0.15) is 0 Å². The Balaban J connectivity index is 1.81. The van der Waals surface area contributed by atoms with Crippen LogP contribution < -0.4 is 11.2 Å². The van der Waals surface area contributed by atoms with Crippen LogP contribution in [0.1, 0.15) is 29.9 Å². The molecule has 9 heteroatoms. The lowest BCUT2D eigenvalue weighted by Crippen LogP contribution is -2.35. The topological polar surface area (TPSA) is 122 Å². The first kappa shape index (κ1) is 18.5. The molecule has 1 aromatic carbocycles. The van der Waals surface area contributed by atoms with Crippen molar-refractivity contribution in [3.05, 3.63) is 67.4 Å². The molecule has 1 fully saturated rings. The second-order valence-electron chi connectivity index (χ2n) is 6.15. The number of halogens is 1. The summed E-state index contributed by atoms with van der Waals surface area (Å²) in [6, 6.07) is 6.06. The number of aryl methyl sites for hydroxylation is 1. The van der Waals surface area contributed by atoms with Gasteiger partial charge >= 0.3 is 5.69 Å². The van der Waals surface area contributed by atoms with E-state index in [2.05, 4.69) is 4.98 Å². The van der Waals surface area contributed by atoms with Crippen molar-refractivity contribution >= 4 is 17.4 Å². The molecular weight excluding hydrogens is 364 g/mol. The van der Waals surface area contributed by atoms with Gasteiger partial charge in [0.2, 0.25) is 0 Å². The third-order valence-corrected chi connectivity index (χ3v) is 4.54. The molecule has 2 heterocycles. The smallest absolute Gasteiger partial charge is 0.330 e. The zero-order valence-electron chi connectivity index (χ0n) is 13.8. The van der Waals surface area contributed by atoms with Crippen molar-refractivity contribution < 1.29 is 19.7 Å². The van der Waals surface area contributed by atoms with E-state index >= 15 is 0 Å². The maximum Gasteiger partial charge on any atom is 0.330 e. The van der Waals surface area contributed by atoms with Crippen molar-refractivity contribution in [1.82, 2.24) is 9.55 Å². The van der Waals surface area contributed by atoms with Gasteiger partial charge in [0.1, 0.15) is 18.4 Å². The molecule has 0 saturated carbocycles. The fourth-order valence-electron chi connectivity index (χ4n) is 2.85. The molecule has 0 radical (unpaired) electrons. The van der Waals surface area contributed by atoms with E-state index in [1.165, 1.54) is 37.4 Å². The number of rotatable bonds is 4. The van der Waals surface area contributed by atoms with Gasteiger partial charge in [0.05, 0.1) is 6.10 Å².